The summed E-state index contributed by atoms with van der Waals surface area (Å²) in [5.74, 6) is 0.747. The van der Waals surface area contributed by atoms with Crippen molar-refractivity contribution in [3.05, 3.63) is 65.1 Å². The average molecular weight is 409 g/mol. The van der Waals surface area contributed by atoms with Gasteiger partial charge in [0, 0.05) is 35.6 Å². The minimum atomic E-state index is -0.167. The van der Waals surface area contributed by atoms with Crippen LogP contribution in [-0.4, -0.2) is 29.8 Å². The molecule has 5 nitrogen and oxygen atoms in total. The van der Waals surface area contributed by atoms with E-state index in [4.69, 9.17) is 4.42 Å². The van der Waals surface area contributed by atoms with Crippen molar-refractivity contribution in [2.45, 2.75) is 25.7 Å². The summed E-state index contributed by atoms with van der Waals surface area (Å²) in [5, 5.41) is 5.02. The van der Waals surface area contributed by atoms with Crippen molar-refractivity contribution in [3.63, 3.8) is 0 Å². The Morgan fingerprint density at radius 2 is 2.00 bits per heavy atom. The maximum atomic E-state index is 12.7. The summed E-state index contributed by atoms with van der Waals surface area (Å²) in [4.78, 5) is 28.4. The van der Waals surface area contributed by atoms with E-state index in [9.17, 15) is 9.59 Å². The second-order valence-electron chi connectivity index (χ2n) is 7.30. The molecular weight excluding hydrogens is 384 g/mol. The fourth-order valence-electron chi connectivity index (χ4n) is 3.67. The lowest BCUT2D eigenvalue weighted by molar-refractivity contribution is -0.134. The number of hydrogen-bond acceptors (Lipinski definition) is 4. The highest BCUT2D eigenvalue weighted by atomic mass is 32.1. The molecule has 1 N–H and O–H groups in total. The van der Waals surface area contributed by atoms with Crippen LogP contribution in [0.5, 0.6) is 0 Å². The molecule has 1 aromatic carbocycles. The third-order valence-corrected chi connectivity index (χ3v) is 6.20. The highest BCUT2D eigenvalue weighted by Gasteiger charge is 2.28. The number of hydrogen-bond donors (Lipinski definition) is 1. The van der Waals surface area contributed by atoms with Crippen LogP contribution in [0.3, 0.4) is 0 Å². The SMILES string of the molecule is O=C(Nc1ccc(-c2ccco2)cc1)C1CCCN(C(=O)CCc2cccs2)C1. The number of rotatable bonds is 6. The lowest BCUT2D eigenvalue weighted by atomic mass is 9.96. The molecule has 1 saturated heterocycles. The number of nitrogens with one attached hydrogen (secondary N) is 1. The first-order valence-electron chi connectivity index (χ1n) is 9.94. The normalized spacial score (nSPS) is 16.6. The van der Waals surface area contributed by atoms with Crippen LogP contribution in [0.25, 0.3) is 11.3 Å². The number of piperidine rings is 1. The van der Waals surface area contributed by atoms with Gasteiger partial charge in [-0.05, 0) is 67.1 Å². The van der Waals surface area contributed by atoms with Crippen LogP contribution in [0.1, 0.15) is 24.1 Å². The van der Waals surface area contributed by atoms with Crippen LogP contribution in [0.15, 0.2) is 64.6 Å². The highest BCUT2D eigenvalue weighted by molar-refractivity contribution is 7.09. The summed E-state index contributed by atoms with van der Waals surface area (Å²) in [7, 11) is 0. The summed E-state index contributed by atoms with van der Waals surface area (Å²) >= 11 is 1.68. The molecule has 0 radical (unpaired) electrons. The lowest BCUT2D eigenvalue weighted by Crippen LogP contribution is -2.43. The van der Waals surface area contributed by atoms with Gasteiger partial charge in [0.15, 0.2) is 0 Å². The Morgan fingerprint density at radius 1 is 1.14 bits per heavy atom. The molecule has 1 unspecified atom stereocenters. The molecule has 2 aromatic heterocycles. The number of thiophene rings is 1. The fraction of sp³-hybridized carbons (Fsp3) is 0.304. The van der Waals surface area contributed by atoms with E-state index >= 15 is 0 Å². The summed E-state index contributed by atoms with van der Waals surface area (Å²) in [6.07, 6.45) is 4.59. The lowest BCUT2D eigenvalue weighted by Gasteiger charge is -2.32. The van der Waals surface area contributed by atoms with E-state index in [0.29, 0.717) is 13.0 Å². The maximum Gasteiger partial charge on any atom is 0.229 e. The third kappa shape index (κ3) is 4.95. The maximum absolute atomic E-state index is 12.7. The Kier molecular flexibility index (Phi) is 6.10. The van der Waals surface area contributed by atoms with Crippen molar-refractivity contribution in [3.8, 4) is 11.3 Å². The van der Waals surface area contributed by atoms with Gasteiger partial charge in [-0.25, -0.2) is 0 Å². The van der Waals surface area contributed by atoms with Crippen LogP contribution in [-0.2, 0) is 16.0 Å². The molecule has 29 heavy (non-hydrogen) atoms. The monoisotopic (exact) mass is 408 g/mol. The number of furan rings is 1. The number of carbonyl (C=O) groups excluding carboxylic acids is 2. The Bertz CT molecular complexity index is 933. The summed E-state index contributed by atoms with van der Waals surface area (Å²) in [5.41, 5.74) is 1.72. The van der Waals surface area contributed by atoms with Gasteiger partial charge >= 0.3 is 0 Å². The predicted octanol–water partition coefficient (Wildman–Crippen LogP) is 4.82. The second kappa shape index (κ2) is 9.09. The van der Waals surface area contributed by atoms with E-state index in [-0.39, 0.29) is 17.7 Å². The van der Waals surface area contributed by atoms with Crippen molar-refractivity contribution in [1.82, 2.24) is 4.90 Å². The Labute approximate surface area is 174 Å². The summed E-state index contributed by atoms with van der Waals surface area (Å²) < 4.78 is 5.39. The van der Waals surface area contributed by atoms with E-state index in [1.165, 1.54) is 4.88 Å². The van der Waals surface area contributed by atoms with E-state index in [1.807, 2.05) is 52.7 Å². The topological polar surface area (TPSA) is 62.6 Å². The first-order chi connectivity index (χ1) is 14.2. The van der Waals surface area contributed by atoms with Gasteiger partial charge in [-0.2, -0.15) is 0 Å². The molecule has 0 saturated carbocycles. The van der Waals surface area contributed by atoms with E-state index < -0.39 is 0 Å². The Hall–Kier alpha value is -2.86. The Morgan fingerprint density at radius 3 is 2.72 bits per heavy atom. The zero-order valence-corrected chi connectivity index (χ0v) is 17.0. The van der Waals surface area contributed by atoms with Crippen LogP contribution in [0, 0.1) is 5.92 Å². The van der Waals surface area contributed by atoms with Gasteiger partial charge in [-0.1, -0.05) is 6.07 Å². The number of aryl methyl sites for hydroxylation is 1. The van der Waals surface area contributed by atoms with E-state index in [2.05, 4.69) is 11.4 Å². The molecule has 0 aliphatic carbocycles. The van der Waals surface area contributed by atoms with Gasteiger partial charge in [0.1, 0.15) is 5.76 Å². The highest BCUT2D eigenvalue weighted by Crippen LogP contribution is 2.24. The molecule has 3 heterocycles. The molecule has 6 heteroatoms. The van der Waals surface area contributed by atoms with Gasteiger partial charge in [0.25, 0.3) is 0 Å². The van der Waals surface area contributed by atoms with Crippen LogP contribution >= 0.6 is 11.3 Å². The number of amides is 2. The van der Waals surface area contributed by atoms with Gasteiger partial charge in [-0.15, -0.1) is 11.3 Å². The molecule has 0 bridgehead atoms. The van der Waals surface area contributed by atoms with Crippen LogP contribution in [0.2, 0.25) is 0 Å². The zero-order valence-electron chi connectivity index (χ0n) is 16.2. The first kappa shape index (κ1) is 19.5. The van der Waals surface area contributed by atoms with Gasteiger partial charge in [0.2, 0.25) is 11.8 Å². The smallest absolute Gasteiger partial charge is 0.229 e. The average Bonchev–Trinajstić information content (AvgIpc) is 3.47. The predicted molar refractivity (Wildman–Crippen MR) is 115 cm³/mol. The molecular formula is C23H24N2O3S. The summed E-state index contributed by atoms with van der Waals surface area (Å²) in [6.45, 7) is 1.24. The number of likely N-dealkylation sites (tertiary alicyclic amines) is 1. The molecule has 3 aromatic rings. The van der Waals surface area contributed by atoms with E-state index in [1.54, 1.807) is 17.6 Å². The molecule has 1 fully saturated rings. The van der Waals surface area contributed by atoms with Gasteiger partial charge in [-0.3, -0.25) is 9.59 Å². The molecule has 2 amide bonds. The van der Waals surface area contributed by atoms with Crippen molar-refractivity contribution in [2.24, 2.45) is 5.92 Å². The number of nitrogens with zero attached hydrogens (tertiary/aromatic N) is 1. The molecule has 1 atom stereocenters. The standard InChI is InChI=1S/C23H24N2O3S/c26-22(12-11-20-5-3-15-29-20)25-13-1-4-18(16-25)23(27)24-19-9-7-17(8-10-19)21-6-2-14-28-21/h2-3,5-10,14-15,18H,1,4,11-13,16H2,(H,24,27). The second-order valence-corrected chi connectivity index (χ2v) is 8.33. The minimum Gasteiger partial charge on any atom is -0.464 e. The molecule has 0 spiro atoms. The molecule has 4 rings (SSSR count). The summed E-state index contributed by atoms with van der Waals surface area (Å²) in [6, 6.07) is 15.4. The Balaban J connectivity index is 1.30. The molecule has 1 aliphatic heterocycles. The first-order valence-corrected chi connectivity index (χ1v) is 10.8. The molecule has 1 aliphatic rings. The number of benzene rings is 1. The fourth-order valence-corrected chi connectivity index (χ4v) is 4.37. The molecule has 150 valence electrons. The van der Waals surface area contributed by atoms with E-state index in [0.717, 1.165) is 42.8 Å². The zero-order chi connectivity index (χ0) is 20.1. The third-order valence-electron chi connectivity index (χ3n) is 5.27. The van der Waals surface area contributed by atoms with Crippen molar-refractivity contribution >= 4 is 28.8 Å². The minimum absolute atomic E-state index is 0.0218. The van der Waals surface area contributed by atoms with Gasteiger partial charge < -0.3 is 14.6 Å². The van der Waals surface area contributed by atoms with Crippen molar-refractivity contribution in [2.75, 3.05) is 18.4 Å². The van der Waals surface area contributed by atoms with Crippen molar-refractivity contribution in [1.29, 1.82) is 0 Å². The van der Waals surface area contributed by atoms with Crippen LogP contribution < -0.4 is 5.32 Å². The number of anilines is 1. The van der Waals surface area contributed by atoms with Gasteiger partial charge in [0.05, 0.1) is 12.2 Å². The largest absolute Gasteiger partial charge is 0.464 e. The van der Waals surface area contributed by atoms with Crippen LogP contribution in [0.4, 0.5) is 5.69 Å². The van der Waals surface area contributed by atoms with Crippen molar-refractivity contribution < 1.29 is 14.0 Å². The number of carbonyl (C=O) groups is 2. The quantitative estimate of drug-likeness (QED) is 0.636.